The molecule has 0 aromatic carbocycles. The van der Waals surface area contributed by atoms with Crippen LogP contribution in [0, 0.1) is 5.41 Å². The van der Waals surface area contributed by atoms with Crippen LogP contribution in [0.2, 0.25) is 0 Å². The smallest absolute Gasteiger partial charge is 0.0672 e. The van der Waals surface area contributed by atoms with Crippen molar-refractivity contribution in [2.24, 2.45) is 5.41 Å². The Morgan fingerprint density at radius 3 is 2.23 bits per heavy atom. The van der Waals surface area contributed by atoms with Crippen molar-refractivity contribution >= 4 is 0 Å². The Labute approximate surface area is 81.7 Å². The van der Waals surface area contributed by atoms with E-state index < -0.39 is 0 Å². The molecule has 0 amide bonds. The first kappa shape index (κ1) is 11.0. The highest BCUT2D eigenvalue weighted by Crippen LogP contribution is 2.30. The van der Waals surface area contributed by atoms with Gasteiger partial charge in [-0.25, -0.2) is 0 Å². The highest BCUT2D eigenvalue weighted by molar-refractivity contribution is 4.85. The fourth-order valence-electron chi connectivity index (χ4n) is 1.75. The van der Waals surface area contributed by atoms with Crippen molar-refractivity contribution in [3.63, 3.8) is 0 Å². The fraction of sp³-hybridized carbons (Fsp3) is 1.00. The summed E-state index contributed by atoms with van der Waals surface area (Å²) < 4.78 is 0. The van der Waals surface area contributed by atoms with Crippen LogP contribution in [0.15, 0.2) is 0 Å². The van der Waals surface area contributed by atoms with Crippen molar-refractivity contribution in [3.8, 4) is 0 Å². The van der Waals surface area contributed by atoms with Gasteiger partial charge in [-0.3, -0.25) is 0 Å². The molecule has 0 unspecified atom stereocenters. The Kier molecular flexibility index (Phi) is 3.36. The van der Waals surface area contributed by atoms with E-state index >= 15 is 0 Å². The van der Waals surface area contributed by atoms with Crippen molar-refractivity contribution in [1.29, 1.82) is 0 Å². The van der Waals surface area contributed by atoms with Gasteiger partial charge in [0.05, 0.1) is 5.60 Å². The summed E-state index contributed by atoms with van der Waals surface area (Å²) in [5.41, 5.74) is -0.0286. The van der Waals surface area contributed by atoms with Crippen LogP contribution in [-0.2, 0) is 0 Å². The van der Waals surface area contributed by atoms with Crippen molar-refractivity contribution < 1.29 is 5.11 Å². The first-order chi connectivity index (χ1) is 5.91. The largest absolute Gasteiger partial charge is 0.390 e. The molecule has 0 bridgehead atoms. The summed E-state index contributed by atoms with van der Waals surface area (Å²) in [5, 5.41) is 13.5. The molecule has 0 spiro atoms. The van der Waals surface area contributed by atoms with E-state index in [9.17, 15) is 5.11 Å². The molecule has 1 fully saturated rings. The van der Waals surface area contributed by atoms with Crippen molar-refractivity contribution in [3.05, 3.63) is 0 Å². The van der Waals surface area contributed by atoms with E-state index in [1.54, 1.807) is 0 Å². The molecular formula is C11H23NO. The van der Waals surface area contributed by atoms with Gasteiger partial charge in [0.2, 0.25) is 0 Å². The molecule has 2 nitrogen and oxygen atoms in total. The molecule has 0 atom stereocenters. The topological polar surface area (TPSA) is 32.3 Å². The van der Waals surface area contributed by atoms with Crippen molar-refractivity contribution in [1.82, 2.24) is 5.32 Å². The van der Waals surface area contributed by atoms with Gasteiger partial charge in [-0.1, -0.05) is 20.8 Å². The maximum absolute atomic E-state index is 10.2. The number of piperidine rings is 1. The lowest BCUT2D eigenvalue weighted by Gasteiger charge is -2.34. The highest BCUT2D eigenvalue weighted by Gasteiger charge is 2.30. The van der Waals surface area contributed by atoms with Crippen molar-refractivity contribution in [2.75, 3.05) is 13.1 Å². The fourth-order valence-corrected chi connectivity index (χ4v) is 1.75. The van der Waals surface area contributed by atoms with E-state index in [1.165, 1.54) is 0 Å². The Morgan fingerprint density at radius 1 is 1.23 bits per heavy atom. The predicted molar refractivity (Wildman–Crippen MR) is 55.7 cm³/mol. The number of hydrogen-bond donors (Lipinski definition) is 2. The molecule has 1 aliphatic rings. The maximum Gasteiger partial charge on any atom is 0.0672 e. The zero-order valence-electron chi connectivity index (χ0n) is 9.19. The molecule has 1 saturated heterocycles. The summed E-state index contributed by atoms with van der Waals surface area (Å²) >= 11 is 0. The van der Waals surface area contributed by atoms with Gasteiger partial charge in [0.1, 0.15) is 0 Å². The lowest BCUT2D eigenvalue weighted by atomic mass is 9.81. The van der Waals surface area contributed by atoms with Crippen LogP contribution in [0.5, 0.6) is 0 Å². The average molecular weight is 185 g/mol. The molecule has 78 valence electrons. The van der Waals surface area contributed by atoms with Crippen LogP contribution in [0.3, 0.4) is 0 Å². The molecule has 0 aliphatic carbocycles. The van der Waals surface area contributed by atoms with E-state index in [1.807, 2.05) is 0 Å². The third-order valence-corrected chi connectivity index (χ3v) is 2.87. The van der Waals surface area contributed by atoms with Gasteiger partial charge in [-0.15, -0.1) is 0 Å². The molecule has 0 aromatic rings. The van der Waals surface area contributed by atoms with Crippen LogP contribution < -0.4 is 5.32 Å². The summed E-state index contributed by atoms with van der Waals surface area (Å²) in [6.07, 6.45) is 3.91. The zero-order chi connectivity index (χ0) is 9.95. The second-order valence-electron chi connectivity index (χ2n) is 5.54. The minimum absolute atomic E-state index is 0.348. The lowest BCUT2D eigenvalue weighted by Crippen LogP contribution is -2.42. The molecule has 2 N–H and O–H groups in total. The molecule has 0 aromatic heterocycles. The highest BCUT2D eigenvalue weighted by atomic mass is 16.3. The van der Waals surface area contributed by atoms with Gasteiger partial charge in [-0.2, -0.15) is 0 Å². The van der Waals surface area contributed by atoms with Gasteiger partial charge < -0.3 is 10.4 Å². The van der Waals surface area contributed by atoms with E-state index in [4.69, 9.17) is 0 Å². The summed E-state index contributed by atoms with van der Waals surface area (Å²) in [5.74, 6) is 0. The number of nitrogens with one attached hydrogen (secondary N) is 1. The van der Waals surface area contributed by atoms with Gasteiger partial charge in [0.25, 0.3) is 0 Å². The lowest BCUT2D eigenvalue weighted by molar-refractivity contribution is -0.00633. The Hall–Kier alpha value is -0.0800. The first-order valence-corrected chi connectivity index (χ1v) is 5.34. The van der Waals surface area contributed by atoms with E-state index in [0.29, 0.717) is 5.41 Å². The minimum Gasteiger partial charge on any atom is -0.390 e. The van der Waals surface area contributed by atoms with Gasteiger partial charge >= 0.3 is 0 Å². The molecule has 13 heavy (non-hydrogen) atoms. The summed E-state index contributed by atoms with van der Waals surface area (Å²) in [7, 11) is 0. The zero-order valence-corrected chi connectivity index (χ0v) is 9.19. The van der Waals surface area contributed by atoms with E-state index in [2.05, 4.69) is 26.1 Å². The molecular weight excluding hydrogens is 162 g/mol. The van der Waals surface area contributed by atoms with Gasteiger partial charge in [0.15, 0.2) is 0 Å². The van der Waals surface area contributed by atoms with Crippen LogP contribution in [-0.4, -0.2) is 23.8 Å². The molecule has 0 saturated carbocycles. The number of aliphatic hydroxyl groups is 1. The average Bonchev–Trinajstić information content (AvgIpc) is 2.02. The predicted octanol–water partition coefficient (Wildman–Crippen LogP) is 1.93. The van der Waals surface area contributed by atoms with Crippen LogP contribution in [0.4, 0.5) is 0 Å². The second kappa shape index (κ2) is 3.97. The normalized spacial score (nSPS) is 23.1. The first-order valence-electron chi connectivity index (χ1n) is 5.34. The Morgan fingerprint density at radius 2 is 1.77 bits per heavy atom. The monoisotopic (exact) mass is 185 g/mol. The Balaban J connectivity index is 2.33. The summed E-state index contributed by atoms with van der Waals surface area (Å²) in [6, 6.07) is 0. The van der Waals surface area contributed by atoms with Gasteiger partial charge in [-0.05, 0) is 44.2 Å². The summed E-state index contributed by atoms with van der Waals surface area (Å²) in [4.78, 5) is 0. The molecule has 1 aliphatic heterocycles. The third-order valence-electron chi connectivity index (χ3n) is 2.87. The van der Waals surface area contributed by atoms with E-state index in [-0.39, 0.29) is 5.60 Å². The Bertz CT molecular complexity index is 154. The molecule has 1 rings (SSSR count). The summed E-state index contributed by atoms with van der Waals surface area (Å²) in [6.45, 7) is 8.65. The molecule has 1 heterocycles. The van der Waals surface area contributed by atoms with Crippen LogP contribution in [0.25, 0.3) is 0 Å². The SMILES string of the molecule is CC(C)(C)CCC1(O)CCNCC1. The van der Waals surface area contributed by atoms with Gasteiger partial charge in [0, 0.05) is 0 Å². The minimum atomic E-state index is -0.376. The van der Waals surface area contributed by atoms with Crippen LogP contribution in [0.1, 0.15) is 46.5 Å². The van der Waals surface area contributed by atoms with Crippen LogP contribution >= 0.6 is 0 Å². The van der Waals surface area contributed by atoms with E-state index in [0.717, 1.165) is 38.8 Å². The van der Waals surface area contributed by atoms with Crippen molar-refractivity contribution in [2.45, 2.75) is 52.1 Å². The third kappa shape index (κ3) is 4.10. The number of rotatable bonds is 2. The molecule has 0 radical (unpaired) electrons. The maximum atomic E-state index is 10.2. The molecule has 2 heteroatoms. The second-order valence-corrected chi connectivity index (χ2v) is 5.54. The number of hydrogen-bond acceptors (Lipinski definition) is 2. The standard InChI is InChI=1S/C11H23NO/c1-10(2,3)4-5-11(13)6-8-12-9-7-11/h12-13H,4-9H2,1-3H3. The quantitative estimate of drug-likeness (QED) is 0.689.